The zero-order chi connectivity index (χ0) is 14.0. The Morgan fingerprint density at radius 3 is 2.74 bits per heavy atom. The first kappa shape index (κ1) is 14.0. The smallest absolute Gasteiger partial charge is 0.255 e. The molecule has 2 rings (SSSR count). The Bertz CT molecular complexity index is 645. The number of hydrogen-bond acceptors (Lipinski definition) is 1. The maximum Gasteiger partial charge on any atom is 0.255 e. The molecule has 0 fully saturated rings. The van der Waals surface area contributed by atoms with Gasteiger partial charge in [0, 0.05) is 15.7 Å². The summed E-state index contributed by atoms with van der Waals surface area (Å²) in [5.74, 6) is -0.875. The third-order valence-corrected chi connectivity index (χ3v) is 3.85. The van der Waals surface area contributed by atoms with E-state index in [2.05, 4.69) is 21.2 Å². The highest BCUT2D eigenvalue weighted by Crippen LogP contribution is 2.24. The Hall–Kier alpha value is -1.39. The minimum Gasteiger partial charge on any atom is -0.322 e. The van der Waals surface area contributed by atoms with Crippen molar-refractivity contribution in [3.8, 4) is 0 Å². The molecule has 0 aliphatic carbocycles. The fraction of sp³-hybridized carbons (Fsp3) is 0.0714. The standard InChI is InChI=1S/C14H10BrClFNO/c1-8-10(15)3-2-4-13(8)18-14(19)9-5-6-12(17)11(16)7-9/h2-7H,1H3,(H,18,19). The van der Waals surface area contributed by atoms with E-state index in [1.165, 1.54) is 18.2 Å². The van der Waals surface area contributed by atoms with Crippen LogP contribution in [-0.2, 0) is 0 Å². The number of carbonyl (C=O) groups is 1. The summed E-state index contributed by atoms with van der Waals surface area (Å²) in [4.78, 5) is 12.0. The predicted octanol–water partition coefficient (Wildman–Crippen LogP) is 4.80. The first-order valence-electron chi connectivity index (χ1n) is 5.50. The number of carbonyl (C=O) groups excluding carboxylic acids is 1. The molecular weight excluding hydrogens is 333 g/mol. The van der Waals surface area contributed by atoms with Crippen molar-refractivity contribution in [2.45, 2.75) is 6.92 Å². The fourth-order valence-electron chi connectivity index (χ4n) is 1.57. The van der Waals surface area contributed by atoms with Gasteiger partial charge in [-0.3, -0.25) is 4.79 Å². The number of rotatable bonds is 2. The molecule has 2 aromatic carbocycles. The molecule has 0 atom stereocenters. The third kappa shape index (κ3) is 3.14. The second kappa shape index (κ2) is 5.72. The summed E-state index contributed by atoms with van der Waals surface area (Å²) in [6.45, 7) is 1.89. The Balaban J connectivity index is 2.26. The van der Waals surface area contributed by atoms with Crippen molar-refractivity contribution in [3.63, 3.8) is 0 Å². The van der Waals surface area contributed by atoms with E-state index in [0.717, 1.165) is 10.0 Å². The maximum atomic E-state index is 13.0. The van der Waals surface area contributed by atoms with Crippen LogP contribution < -0.4 is 5.32 Å². The Kier molecular flexibility index (Phi) is 4.22. The molecular formula is C14H10BrClFNO. The number of anilines is 1. The minimum absolute atomic E-state index is 0.0707. The summed E-state index contributed by atoms with van der Waals surface area (Å²) in [5, 5.41) is 2.69. The van der Waals surface area contributed by atoms with Gasteiger partial charge in [-0.05, 0) is 42.8 Å². The van der Waals surface area contributed by atoms with Gasteiger partial charge in [-0.15, -0.1) is 0 Å². The maximum absolute atomic E-state index is 13.0. The Morgan fingerprint density at radius 1 is 1.32 bits per heavy atom. The highest BCUT2D eigenvalue weighted by molar-refractivity contribution is 9.10. The van der Waals surface area contributed by atoms with Crippen LogP contribution in [0.15, 0.2) is 40.9 Å². The molecule has 19 heavy (non-hydrogen) atoms. The summed E-state index contributed by atoms with van der Waals surface area (Å²) in [7, 11) is 0. The number of halogens is 3. The van der Waals surface area contributed by atoms with Gasteiger partial charge < -0.3 is 5.32 Å². The van der Waals surface area contributed by atoms with E-state index < -0.39 is 5.82 Å². The van der Waals surface area contributed by atoms with Crippen molar-refractivity contribution in [2.75, 3.05) is 5.32 Å². The molecule has 0 aliphatic rings. The molecule has 0 saturated carbocycles. The number of nitrogens with one attached hydrogen (secondary N) is 1. The largest absolute Gasteiger partial charge is 0.322 e. The molecule has 1 N–H and O–H groups in total. The van der Waals surface area contributed by atoms with E-state index in [1.54, 1.807) is 6.07 Å². The van der Waals surface area contributed by atoms with Gasteiger partial charge in [0.15, 0.2) is 0 Å². The number of hydrogen-bond donors (Lipinski definition) is 1. The Labute approximate surface area is 123 Å². The molecule has 0 radical (unpaired) electrons. The van der Waals surface area contributed by atoms with Crippen LogP contribution in [0.2, 0.25) is 5.02 Å². The van der Waals surface area contributed by atoms with Crippen LogP contribution in [0.4, 0.5) is 10.1 Å². The molecule has 98 valence electrons. The monoisotopic (exact) mass is 341 g/mol. The van der Waals surface area contributed by atoms with Gasteiger partial charge in [-0.2, -0.15) is 0 Å². The van der Waals surface area contributed by atoms with Crippen LogP contribution >= 0.6 is 27.5 Å². The lowest BCUT2D eigenvalue weighted by atomic mass is 10.1. The lowest BCUT2D eigenvalue weighted by molar-refractivity contribution is 0.102. The van der Waals surface area contributed by atoms with Gasteiger partial charge in [0.05, 0.1) is 5.02 Å². The Morgan fingerprint density at radius 2 is 2.05 bits per heavy atom. The van der Waals surface area contributed by atoms with Gasteiger partial charge in [0.25, 0.3) is 5.91 Å². The van der Waals surface area contributed by atoms with Crippen molar-refractivity contribution in [3.05, 3.63) is 62.8 Å². The van der Waals surface area contributed by atoms with Crippen LogP contribution in [0.5, 0.6) is 0 Å². The molecule has 2 aromatic rings. The summed E-state index contributed by atoms with van der Waals surface area (Å²) in [6, 6.07) is 9.38. The second-order valence-corrected chi connectivity index (χ2v) is 5.26. The van der Waals surface area contributed by atoms with E-state index in [0.29, 0.717) is 11.3 Å². The van der Waals surface area contributed by atoms with Crippen LogP contribution in [0.25, 0.3) is 0 Å². The van der Waals surface area contributed by atoms with Gasteiger partial charge in [-0.25, -0.2) is 4.39 Å². The van der Waals surface area contributed by atoms with Crippen LogP contribution in [0, 0.1) is 12.7 Å². The minimum atomic E-state index is -0.545. The van der Waals surface area contributed by atoms with E-state index in [4.69, 9.17) is 11.6 Å². The number of amides is 1. The topological polar surface area (TPSA) is 29.1 Å². The zero-order valence-corrected chi connectivity index (χ0v) is 12.3. The first-order chi connectivity index (χ1) is 8.99. The second-order valence-electron chi connectivity index (χ2n) is 4.00. The molecule has 0 spiro atoms. The molecule has 1 amide bonds. The summed E-state index contributed by atoms with van der Waals surface area (Å²) in [6.07, 6.45) is 0. The van der Waals surface area contributed by atoms with E-state index in [1.807, 2.05) is 19.1 Å². The molecule has 0 heterocycles. The summed E-state index contributed by atoms with van der Waals surface area (Å²) < 4.78 is 13.9. The van der Waals surface area contributed by atoms with Crippen LogP contribution in [0.3, 0.4) is 0 Å². The van der Waals surface area contributed by atoms with Gasteiger partial charge in [0.1, 0.15) is 5.82 Å². The van der Waals surface area contributed by atoms with E-state index in [-0.39, 0.29) is 10.9 Å². The zero-order valence-electron chi connectivity index (χ0n) is 10.0. The molecule has 5 heteroatoms. The molecule has 0 unspecified atom stereocenters. The van der Waals surface area contributed by atoms with Crippen LogP contribution in [0.1, 0.15) is 15.9 Å². The number of benzene rings is 2. The average molecular weight is 343 g/mol. The third-order valence-electron chi connectivity index (χ3n) is 2.70. The quantitative estimate of drug-likeness (QED) is 0.834. The van der Waals surface area contributed by atoms with Gasteiger partial charge in [0.2, 0.25) is 0 Å². The van der Waals surface area contributed by atoms with Crippen LogP contribution in [-0.4, -0.2) is 5.91 Å². The molecule has 0 aliphatic heterocycles. The van der Waals surface area contributed by atoms with Crippen molar-refractivity contribution in [1.29, 1.82) is 0 Å². The van der Waals surface area contributed by atoms with Gasteiger partial charge >= 0.3 is 0 Å². The molecule has 0 aromatic heterocycles. The molecule has 2 nitrogen and oxygen atoms in total. The van der Waals surface area contributed by atoms with Crippen molar-refractivity contribution < 1.29 is 9.18 Å². The van der Waals surface area contributed by atoms with Gasteiger partial charge in [-0.1, -0.05) is 33.6 Å². The van der Waals surface area contributed by atoms with Crippen molar-refractivity contribution >= 4 is 39.1 Å². The fourth-order valence-corrected chi connectivity index (χ4v) is 2.12. The SMILES string of the molecule is Cc1c(Br)cccc1NC(=O)c1ccc(F)c(Cl)c1. The first-order valence-corrected chi connectivity index (χ1v) is 6.67. The van der Waals surface area contributed by atoms with Crippen molar-refractivity contribution in [1.82, 2.24) is 0 Å². The van der Waals surface area contributed by atoms with Crippen molar-refractivity contribution in [2.24, 2.45) is 0 Å². The lowest BCUT2D eigenvalue weighted by Crippen LogP contribution is -2.13. The lowest BCUT2D eigenvalue weighted by Gasteiger charge is -2.10. The highest BCUT2D eigenvalue weighted by Gasteiger charge is 2.10. The molecule has 0 bridgehead atoms. The molecule has 0 saturated heterocycles. The average Bonchev–Trinajstić information content (AvgIpc) is 2.38. The van der Waals surface area contributed by atoms with E-state index >= 15 is 0 Å². The summed E-state index contributed by atoms with van der Waals surface area (Å²) in [5.41, 5.74) is 1.93. The summed E-state index contributed by atoms with van der Waals surface area (Å²) >= 11 is 9.05. The van der Waals surface area contributed by atoms with E-state index in [9.17, 15) is 9.18 Å². The predicted molar refractivity (Wildman–Crippen MR) is 78.2 cm³/mol. The normalized spacial score (nSPS) is 10.3. The highest BCUT2D eigenvalue weighted by atomic mass is 79.9.